The normalized spacial score (nSPS) is 18.1. The number of carbonyl (C=O) groups is 1. The average Bonchev–Trinajstić information content (AvgIpc) is 2.56. The zero-order valence-corrected chi connectivity index (χ0v) is 12.7. The molecule has 23 heavy (non-hydrogen) atoms. The third-order valence-electron chi connectivity index (χ3n) is 3.80. The van der Waals surface area contributed by atoms with E-state index in [1.165, 1.54) is 17.0 Å². The van der Waals surface area contributed by atoms with Gasteiger partial charge in [0.25, 0.3) is 11.7 Å². The Morgan fingerprint density at radius 1 is 1.26 bits per heavy atom. The molecule has 3 rings (SSSR count). The lowest BCUT2D eigenvalue weighted by atomic mass is 10.1. The highest BCUT2D eigenvalue weighted by Crippen LogP contribution is 2.38. The second-order valence-electron chi connectivity index (χ2n) is 5.30. The summed E-state index contributed by atoms with van der Waals surface area (Å²) in [5.41, 5.74) is 0.911. The van der Waals surface area contributed by atoms with Crippen molar-refractivity contribution in [3.63, 3.8) is 0 Å². The van der Waals surface area contributed by atoms with Crippen molar-refractivity contribution in [3.8, 4) is 5.75 Å². The Morgan fingerprint density at radius 3 is 2.61 bits per heavy atom. The van der Waals surface area contributed by atoms with E-state index in [4.69, 9.17) is 4.74 Å². The summed E-state index contributed by atoms with van der Waals surface area (Å²) in [6.45, 7) is 3.51. The van der Waals surface area contributed by atoms with E-state index in [0.717, 1.165) is 5.56 Å². The Hall–Kier alpha value is -2.96. The Kier molecular flexibility index (Phi) is 3.69. The van der Waals surface area contributed by atoms with E-state index in [9.17, 15) is 14.9 Å². The Labute approximate surface area is 132 Å². The van der Waals surface area contributed by atoms with Gasteiger partial charge in [0.05, 0.1) is 6.04 Å². The number of nitro groups is 1. The molecule has 0 bridgehead atoms. The summed E-state index contributed by atoms with van der Waals surface area (Å²) in [5.74, 6) is -0.0500. The maximum absolute atomic E-state index is 12.6. The maximum atomic E-state index is 12.6. The molecule has 1 aliphatic rings. The minimum Gasteiger partial charge on any atom is -0.475 e. The summed E-state index contributed by atoms with van der Waals surface area (Å²) in [5, 5.41) is 11.0. The number of benzene rings is 1. The second kappa shape index (κ2) is 5.68. The van der Waals surface area contributed by atoms with Crippen LogP contribution in [0.1, 0.15) is 25.5 Å². The molecule has 0 saturated carbocycles. The van der Waals surface area contributed by atoms with Gasteiger partial charge in [0.1, 0.15) is 0 Å². The number of aromatic nitrogens is 1. The summed E-state index contributed by atoms with van der Waals surface area (Å²) in [7, 11) is 0. The van der Waals surface area contributed by atoms with E-state index in [0.29, 0.717) is 5.75 Å². The number of carbonyl (C=O) groups excluding carboxylic acids is 1. The van der Waals surface area contributed by atoms with Crippen molar-refractivity contribution >= 4 is 17.5 Å². The van der Waals surface area contributed by atoms with Gasteiger partial charge in [-0.3, -0.25) is 9.69 Å². The van der Waals surface area contributed by atoms with Crippen molar-refractivity contribution in [2.45, 2.75) is 26.0 Å². The van der Waals surface area contributed by atoms with Crippen LogP contribution in [0.3, 0.4) is 0 Å². The summed E-state index contributed by atoms with van der Waals surface area (Å²) in [4.78, 5) is 28.4. The number of hydrogen-bond donors (Lipinski definition) is 0. The van der Waals surface area contributed by atoms with E-state index in [1.807, 2.05) is 37.3 Å². The third-order valence-corrected chi connectivity index (χ3v) is 3.80. The monoisotopic (exact) mass is 313 g/mol. The fraction of sp³-hybridized carbons (Fsp3) is 0.250. The second-order valence-corrected chi connectivity index (χ2v) is 5.30. The van der Waals surface area contributed by atoms with Crippen LogP contribution in [-0.4, -0.2) is 21.9 Å². The first kappa shape index (κ1) is 15.0. The highest BCUT2D eigenvalue weighted by atomic mass is 16.6. The number of ether oxygens (including phenoxy) is 1. The highest BCUT2D eigenvalue weighted by Gasteiger charge is 2.39. The molecule has 1 aromatic carbocycles. The van der Waals surface area contributed by atoms with Crippen molar-refractivity contribution in [2.75, 3.05) is 4.90 Å². The summed E-state index contributed by atoms with van der Waals surface area (Å²) >= 11 is 0. The van der Waals surface area contributed by atoms with Gasteiger partial charge in [0.2, 0.25) is 0 Å². The van der Waals surface area contributed by atoms with Gasteiger partial charge in [-0.2, -0.15) is 0 Å². The average molecular weight is 313 g/mol. The number of amides is 1. The molecule has 0 saturated heterocycles. The molecule has 7 heteroatoms. The predicted octanol–water partition coefficient (Wildman–Crippen LogP) is 2.86. The van der Waals surface area contributed by atoms with E-state index in [-0.39, 0.29) is 23.6 Å². The third kappa shape index (κ3) is 2.61. The van der Waals surface area contributed by atoms with Crippen LogP contribution < -0.4 is 9.64 Å². The zero-order valence-electron chi connectivity index (χ0n) is 12.7. The first-order valence-electron chi connectivity index (χ1n) is 7.19. The molecule has 1 aliphatic heterocycles. The Balaban J connectivity index is 2.10. The van der Waals surface area contributed by atoms with Crippen LogP contribution in [0.15, 0.2) is 42.5 Å². The largest absolute Gasteiger partial charge is 0.475 e. The van der Waals surface area contributed by atoms with Crippen LogP contribution in [0.2, 0.25) is 0 Å². The molecule has 2 heterocycles. The first-order chi connectivity index (χ1) is 11.0. The van der Waals surface area contributed by atoms with Gasteiger partial charge in [0, 0.05) is 6.07 Å². The molecule has 1 amide bonds. The van der Waals surface area contributed by atoms with Crippen molar-refractivity contribution in [1.82, 2.24) is 4.98 Å². The highest BCUT2D eigenvalue weighted by molar-refractivity contribution is 5.99. The fourth-order valence-corrected chi connectivity index (χ4v) is 2.59. The van der Waals surface area contributed by atoms with Crippen molar-refractivity contribution < 1.29 is 14.5 Å². The van der Waals surface area contributed by atoms with Gasteiger partial charge >= 0.3 is 5.82 Å². The number of hydrogen-bond acceptors (Lipinski definition) is 5. The van der Waals surface area contributed by atoms with Crippen LogP contribution in [0.5, 0.6) is 5.75 Å². The SMILES string of the molecule is CC1Oc2ccc([N+](=O)[O-])nc2N(C(C)c2ccccc2)C1=O. The molecule has 0 aliphatic carbocycles. The van der Waals surface area contributed by atoms with Crippen LogP contribution >= 0.6 is 0 Å². The van der Waals surface area contributed by atoms with Gasteiger partial charge in [0.15, 0.2) is 11.9 Å². The number of pyridine rings is 1. The van der Waals surface area contributed by atoms with Gasteiger partial charge in [-0.05, 0) is 35.4 Å². The molecule has 1 aromatic heterocycles. The van der Waals surface area contributed by atoms with E-state index >= 15 is 0 Å². The minimum atomic E-state index is -0.670. The van der Waals surface area contributed by atoms with Crippen molar-refractivity contribution in [2.24, 2.45) is 0 Å². The summed E-state index contributed by atoms with van der Waals surface area (Å²) in [6, 6.07) is 11.9. The number of nitrogens with zero attached hydrogens (tertiary/aromatic N) is 3. The lowest BCUT2D eigenvalue weighted by molar-refractivity contribution is -0.389. The van der Waals surface area contributed by atoms with Crippen LogP contribution in [0.4, 0.5) is 11.6 Å². The molecule has 118 valence electrons. The molecule has 2 aromatic rings. The topological polar surface area (TPSA) is 85.6 Å². The number of fused-ring (bicyclic) bond motifs is 1. The molecule has 0 radical (unpaired) electrons. The summed E-state index contributed by atoms with van der Waals surface area (Å²) < 4.78 is 5.52. The van der Waals surface area contributed by atoms with Crippen LogP contribution in [0.25, 0.3) is 0 Å². The van der Waals surface area contributed by atoms with E-state index < -0.39 is 11.0 Å². The standard InChI is InChI=1S/C16H15N3O4/c1-10(12-6-4-3-5-7-12)18-15-13(23-11(2)16(18)20)8-9-14(17-15)19(21)22/h3-11H,1-2H3. The predicted molar refractivity (Wildman–Crippen MR) is 83.3 cm³/mol. The molecule has 2 unspecified atom stereocenters. The first-order valence-corrected chi connectivity index (χ1v) is 7.19. The van der Waals surface area contributed by atoms with Crippen LogP contribution in [-0.2, 0) is 4.79 Å². The lowest BCUT2D eigenvalue weighted by Crippen LogP contribution is -2.46. The van der Waals surface area contributed by atoms with Crippen molar-refractivity contribution in [3.05, 3.63) is 58.1 Å². The minimum absolute atomic E-state index is 0.179. The number of anilines is 1. The molecule has 2 atom stereocenters. The molecule has 7 nitrogen and oxygen atoms in total. The Bertz CT molecular complexity index is 763. The lowest BCUT2D eigenvalue weighted by Gasteiger charge is -2.33. The van der Waals surface area contributed by atoms with E-state index in [1.54, 1.807) is 6.92 Å². The molecular weight excluding hydrogens is 298 g/mol. The number of rotatable bonds is 3. The van der Waals surface area contributed by atoms with Crippen LogP contribution in [0, 0.1) is 10.1 Å². The quantitative estimate of drug-likeness (QED) is 0.642. The fourth-order valence-electron chi connectivity index (χ4n) is 2.59. The molecule has 0 fully saturated rings. The molecule has 0 N–H and O–H groups in total. The zero-order chi connectivity index (χ0) is 16.6. The Morgan fingerprint density at radius 2 is 1.96 bits per heavy atom. The summed E-state index contributed by atoms with van der Waals surface area (Å²) in [6.07, 6.45) is -0.670. The van der Waals surface area contributed by atoms with Gasteiger partial charge in [-0.15, -0.1) is 0 Å². The smallest absolute Gasteiger partial charge is 0.366 e. The van der Waals surface area contributed by atoms with Gasteiger partial charge in [-0.1, -0.05) is 30.3 Å². The van der Waals surface area contributed by atoms with Gasteiger partial charge < -0.3 is 14.9 Å². The maximum Gasteiger partial charge on any atom is 0.366 e. The van der Waals surface area contributed by atoms with E-state index in [2.05, 4.69) is 4.98 Å². The van der Waals surface area contributed by atoms with Crippen molar-refractivity contribution in [1.29, 1.82) is 0 Å². The molecular formula is C16H15N3O4. The van der Waals surface area contributed by atoms with Gasteiger partial charge in [-0.25, -0.2) is 0 Å². The molecule has 0 spiro atoms.